The second kappa shape index (κ2) is 11.5. The zero-order valence-electron chi connectivity index (χ0n) is 28.7. The molecule has 0 aliphatic heterocycles. The van der Waals surface area contributed by atoms with Crippen LogP contribution in [0.2, 0.25) is 0 Å². The summed E-state index contributed by atoms with van der Waals surface area (Å²) in [5.74, 6) is 1.97. The molecular formula is C50H31N3. The maximum atomic E-state index is 4.97. The van der Waals surface area contributed by atoms with Crippen molar-refractivity contribution in [3.63, 3.8) is 0 Å². The molecule has 2 aliphatic carbocycles. The summed E-state index contributed by atoms with van der Waals surface area (Å²) in [7, 11) is 0. The largest absolute Gasteiger partial charge is 0.208 e. The Morgan fingerprint density at radius 2 is 0.660 bits per heavy atom. The van der Waals surface area contributed by atoms with E-state index in [4.69, 9.17) is 15.0 Å². The molecule has 0 radical (unpaired) electrons. The first-order valence-electron chi connectivity index (χ1n) is 18.1. The van der Waals surface area contributed by atoms with Crippen LogP contribution in [-0.2, 0) is 5.41 Å². The Morgan fingerprint density at radius 1 is 0.264 bits per heavy atom. The number of benzene rings is 8. The van der Waals surface area contributed by atoms with Crippen LogP contribution in [0.1, 0.15) is 22.3 Å². The molecule has 246 valence electrons. The van der Waals surface area contributed by atoms with E-state index in [0.29, 0.717) is 17.5 Å². The number of aromatic nitrogens is 3. The van der Waals surface area contributed by atoms with Crippen LogP contribution in [0.15, 0.2) is 188 Å². The quantitative estimate of drug-likeness (QED) is 0.187. The Kier molecular flexibility index (Phi) is 6.47. The van der Waals surface area contributed by atoms with Gasteiger partial charge in [-0.25, -0.2) is 15.0 Å². The average Bonchev–Trinajstić information content (AvgIpc) is 3.54. The van der Waals surface area contributed by atoms with Crippen LogP contribution in [0.5, 0.6) is 0 Å². The molecule has 9 aromatic rings. The molecule has 3 heteroatoms. The van der Waals surface area contributed by atoms with Gasteiger partial charge < -0.3 is 0 Å². The number of fused-ring (bicyclic) bond motifs is 9. The Labute approximate surface area is 308 Å². The van der Waals surface area contributed by atoms with Crippen molar-refractivity contribution < 1.29 is 0 Å². The van der Waals surface area contributed by atoms with Gasteiger partial charge in [-0.3, -0.25) is 0 Å². The molecule has 0 saturated carbocycles. The van der Waals surface area contributed by atoms with E-state index in [9.17, 15) is 0 Å². The normalized spacial score (nSPS) is 13.1. The minimum atomic E-state index is -0.412. The highest BCUT2D eigenvalue weighted by atomic mass is 15.0. The van der Waals surface area contributed by atoms with Gasteiger partial charge in [0.25, 0.3) is 0 Å². The summed E-state index contributed by atoms with van der Waals surface area (Å²) < 4.78 is 0. The van der Waals surface area contributed by atoms with E-state index in [0.717, 1.165) is 22.3 Å². The lowest BCUT2D eigenvalue weighted by Crippen LogP contribution is -2.31. The van der Waals surface area contributed by atoms with Gasteiger partial charge in [0, 0.05) is 16.7 Å². The van der Waals surface area contributed by atoms with Crippen LogP contribution in [0.4, 0.5) is 0 Å². The molecule has 1 spiro atoms. The summed E-state index contributed by atoms with van der Waals surface area (Å²) in [4.78, 5) is 14.8. The maximum absolute atomic E-state index is 4.97. The second-order valence-electron chi connectivity index (χ2n) is 13.9. The molecule has 2 aliphatic rings. The van der Waals surface area contributed by atoms with Gasteiger partial charge in [-0.1, -0.05) is 188 Å². The lowest BCUT2D eigenvalue weighted by atomic mass is 9.61. The third-order valence-electron chi connectivity index (χ3n) is 11.2. The first-order valence-corrected chi connectivity index (χ1v) is 18.1. The van der Waals surface area contributed by atoms with Gasteiger partial charge in [0.2, 0.25) is 0 Å². The van der Waals surface area contributed by atoms with Crippen molar-refractivity contribution in [1.82, 2.24) is 15.0 Å². The fourth-order valence-corrected chi connectivity index (χ4v) is 8.94. The molecule has 0 N–H and O–H groups in total. The summed E-state index contributed by atoms with van der Waals surface area (Å²) in [5, 5.41) is 2.57. The molecule has 53 heavy (non-hydrogen) atoms. The van der Waals surface area contributed by atoms with Gasteiger partial charge in [0.05, 0.1) is 5.41 Å². The SMILES string of the molecule is c1ccc(-c2nc(-c3ccccc3)nc(-c3ccc(-c4ccc5c6c(cccc46)C4(c6ccccc6-c6ccccc64)c4ccccc4-5)cc3)n2)cc1. The van der Waals surface area contributed by atoms with Crippen LogP contribution < -0.4 is 0 Å². The number of hydrogen-bond donors (Lipinski definition) is 0. The van der Waals surface area contributed by atoms with Crippen molar-refractivity contribution in [2.75, 3.05) is 0 Å². The highest BCUT2D eigenvalue weighted by Crippen LogP contribution is 2.62. The number of hydrogen-bond acceptors (Lipinski definition) is 3. The first-order chi connectivity index (χ1) is 26.3. The van der Waals surface area contributed by atoms with Gasteiger partial charge in [0.15, 0.2) is 17.5 Å². The minimum absolute atomic E-state index is 0.412. The van der Waals surface area contributed by atoms with Gasteiger partial charge >= 0.3 is 0 Å². The van der Waals surface area contributed by atoms with Crippen LogP contribution in [0.25, 0.3) is 78.3 Å². The van der Waals surface area contributed by atoms with Crippen molar-refractivity contribution in [3.05, 3.63) is 210 Å². The van der Waals surface area contributed by atoms with Crippen molar-refractivity contribution in [3.8, 4) is 67.5 Å². The smallest absolute Gasteiger partial charge is 0.164 e. The average molecular weight is 674 g/mol. The van der Waals surface area contributed by atoms with Crippen molar-refractivity contribution in [2.24, 2.45) is 0 Å². The monoisotopic (exact) mass is 673 g/mol. The van der Waals surface area contributed by atoms with E-state index in [1.807, 2.05) is 60.7 Å². The second-order valence-corrected chi connectivity index (χ2v) is 13.9. The van der Waals surface area contributed by atoms with Crippen molar-refractivity contribution >= 4 is 10.8 Å². The molecule has 1 heterocycles. The Hall–Kier alpha value is -6.97. The van der Waals surface area contributed by atoms with E-state index < -0.39 is 5.41 Å². The molecule has 0 fully saturated rings. The van der Waals surface area contributed by atoms with Crippen molar-refractivity contribution in [1.29, 1.82) is 0 Å². The number of nitrogens with zero attached hydrogens (tertiary/aromatic N) is 3. The van der Waals surface area contributed by atoms with E-state index in [2.05, 4.69) is 127 Å². The fraction of sp³-hybridized carbons (Fsp3) is 0.0200. The Bertz CT molecular complexity index is 2770. The Morgan fingerprint density at radius 3 is 1.19 bits per heavy atom. The zero-order chi connectivity index (χ0) is 34.9. The summed E-state index contributed by atoms with van der Waals surface area (Å²) in [5.41, 5.74) is 15.4. The molecule has 3 nitrogen and oxygen atoms in total. The molecule has 8 aromatic carbocycles. The first kappa shape index (κ1) is 29.7. The standard InChI is InChI=1S/C50H31N3/c1-3-14-33(15-4-1)47-51-48(34-16-5-2-6-17-34)53-49(52-47)35-28-26-32(27-29-35)36-30-31-41-39-20-9-12-24-44(39)50(45-25-13-21-40(36)46(41)45)42-22-10-7-18-37(42)38-19-8-11-23-43(38)50/h1-31H. The van der Waals surface area contributed by atoms with Crippen LogP contribution in [0, 0.1) is 0 Å². The Balaban J connectivity index is 1.09. The molecule has 0 unspecified atom stereocenters. The molecule has 11 rings (SSSR count). The van der Waals surface area contributed by atoms with Crippen LogP contribution in [-0.4, -0.2) is 15.0 Å². The van der Waals surface area contributed by atoms with Crippen molar-refractivity contribution in [2.45, 2.75) is 5.41 Å². The summed E-state index contributed by atoms with van der Waals surface area (Å²) >= 11 is 0. The van der Waals surface area contributed by atoms with Gasteiger partial charge in [0.1, 0.15) is 0 Å². The summed E-state index contributed by atoms with van der Waals surface area (Å²) in [6.07, 6.45) is 0. The van der Waals surface area contributed by atoms with Crippen LogP contribution in [0.3, 0.4) is 0 Å². The molecule has 0 amide bonds. The van der Waals surface area contributed by atoms with E-state index >= 15 is 0 Å². The van der Waals surface area contributed by atoms with Gasteiger partial charge in [-0.05, 0) is 66.4 Å². The number of rotatable bonds is 4. The zero-order valence-corrected chi connectivity index (χ0v) is 28.7. The molecule has 1 aromatic heterocycles. The predicted octanol–water partition coefficient (Wildman–Crippen LogP) is 12.0. The maximum Gasteiger partial charge on any atom is 0.164 e. The van der Waals surface area contributed by atoms with E-state index in [1.165, 1.54) is 60.8 Å². The topological polar surface area (TPSA) is 38.7 Å². The third kappa shape index (κ3) is 4.31. The highest BCUT2D eigenvalue weighted by molar-refractivity contribution is 6.11. The van der Waals surface area contributed by atoms with Gasteiger partial charge in [-0.2, -0.15) is 0 Å². The highest BCUT2D eigenvalue weighted by Gasteiger charge is 2.49. The van der Waals surface area contributed by atoms with E-state index in [-0.39, 0.29) is 0 Å². The molecule has 0 atom stereocenters. The molecule has 0 bridgehead atoms. The van der Waals surface area contributed by atoms with E-state index in [1.54, 1.807) is 0 Å². The summed E-state index contributed by atoms with van der Waals surface area (Å²) in [6, 6.07) is 67.5. The lowest BCUT2D eigenvalue weighted by molar-refractivity contribution is 0.773. The molecular weight excluding hydrogens is 643 g/mol. The third-order valence-corrected chi connectivity index (χ3v) is 11.2. The van der Waals surface area contributed by atoms with Crippen LogP contribution >= 0.6 is 0 Å². The molecule has 0 saturated heterocycles. The fourth-order valence-electron chi connectivity index (χ4n) is 8.94. The minimum Gasteiger partial charge on any atom is -0.208 e. The lowest BCUT2D eigenvalue weighted by Gasteiger charge is -2.40. The summed E-state index contributed by atoms with van der Waals surface area (Å²) in [6.45, 7) is 0. The predicted molar refractivity (Wildman–Crippen MR) is 215 cm³/mol. The van der Waals surface area contributed by atoms with Gasteiger partial charge in [-0.15, -0.1) is 0 Å².